The van der Waals surface area contributed by atoms with Crippen LogP contribution in [0.15, 0.2) is 47.0 Å². The Bertz CT molecular complexity index is 1610. The molecule has 1 aliphatic rings. The van der Waals surface area contributed by atoms with Gasteiger partial charge >= 0.3 is 12.4 Å². The van der Waals surface area contributed by atoms with E-state index in [1.165, 1.54) is 25.3 Å². The van der Waals surface area contributed by atoms with Crippen molar-refractivity contribution in [3.8, 4) is 23.1 Å². The molecule has 0 spiro atoms. The highest BCUT2D eigenvalue weighted by molar-refractivity contribution is 5.98. The highest BCUT2D eigenvalue weighted by Gasteiger charge is 2.36. The van der Waals surface area contributed by atoms with Crippen molar-refractivity contribution in [2.24, 2.45) is 5.73 Å². The monoisotopic (exact) mass is 595 g/mol. The van der Waals surface area contributed by atoms with Gasteiger partial charge in [-0.1, -0.05) is 0 Å². The number of carbonyl (C=O) groups excluding carboxylic acids is 1. The van der Waals surface area contributed by atoms with Crippen molar-refractivity contribution in [2.75, 3.05) is 7.11 Å². The number of benzene rings is 1. The molecular weight excluding hydrogens is 572 g/mol. The number of alkyl halides is 6. The largest absolute Gasteiger partial charge is 0.494 e. The molecule has 5 rings (SSSR count). The second kappa shape index (κ2) is 10.8. The van der Waals surface area contributed by atoms with E-state index in [-0.39, 0.29) is 57.6 Å². The summed E-state index contributed by atoms with van der Waals surface area (Å²) in [5.74, 6) is -0.451. The molecule has 1 aromatic carbocycles. The first kappa shape index (κ1) is 29.1. The number of nitrogens with one attached hydrogen (secondary N) is 1. The van der Waals surface area contributed by atoms with Gasteiger partial charge in [0.05, 0.1) is 18.7 Å². The number of nitrogens with two attached hydrogens (primary N) is 1. The molecule has 3 aromatic heterocycles. The molecule has 9 nitrogen and oxygen atoms in total. The molecular formula is C27H23F6N5O4. The standard InChI is InChI=1S/C27H23F6N5O4/c1-12(34)23-22(24(39)36-14-9-15(10-14)41-20-8-3-13(11-35-20)26(28,29)30)38-25(42-23)17-4-6-18(40-2)21-16(17)5-7-19(37-21)27(31,32)33/h3-8,11-12,14-15H,9-10,34H2,1-2H3,(H,36,39)/t12-,14-,15+/m0/s1. The van der Waals surface area contributed by atoms with Crippen LogP contribution in [0, 0.1) is 0 Å². The Labute approximate surface area is 234 Å². The summed E-state index contributed by atoms with van der Waals surface area (Å²) in [4.78, 5) is 24.9. The highest BCUT2D eigenvalue weighted by atomic mass is 19.4. The fourth-order valence-corrected chi connectivity index (χ4v) is 4.44. The molecule has 3 N–H and O–H groups in total. The molecule has 0 radical (unpaired) electrons. The summed E-state index contributed by atoms with van der Waals surface area (Å²) in [7, 11) is 1.30. The number of hydrogen-bond donors (Lipinski definition) is 2. The lowest BCUT2D eigenvalue weighted by molar-refractivity contribution is -0.141. The number of amides is 1. The summed E-state index contributed by atoms with van der Waals surface area (Å²) in [6.07, 6.45) is -8.15. The van der Waals surface area contributed by atoms with Gasteiger partial charge in [0, 0.05) is 42.1 Å². The summed E-state index contributed by atoms with van der Waals surface area (Å²) in [5, 5.41) is 3.05. The van der Waals surface area contributed by atoms with Gasteiger partial charge in [0.25, 0.3) is 5.91 Å². The smallest absolute Gasteiger partial charge is 0.433 e. The van der Waals surface area contributed by atoms with Crippen molar-refractivity contribution in [1.82, 2.24) is 20.3 Å². The Morgan fingerprint density at radius 3 is 2.38 bits per heavy atom. The minimum absolute atomic E-state index is 0.0294. The third-order valence-corrected chi connectivity index (χ3v) is 6.62. The lowest BCUT2D eigenvalue weighted by Gasteiger charge is -2.35. The molecule has 1 fully saturated rings. The Morgan fingerprint density at radius 1 is 1.05 bits per heavy atom. The lowest BCUT2D eigenvalue weighted by atomic mass is 9.89. The zero-order valence-corrected chi connectivity index (χ0v) is 22.0. The first-order valence-corrected chi connectivity index (χ1v) is 12.6. The van der Waals surface area contributed by atoms with E-state index in [0.29, 0.717) is 19.0 Å². The Balaban J connectivity index is 1.32. The number of hydrogen-bond acceptors (Lipinski definition) is 8. The Kier molecular flexibility index (Phi) is 7.47. The summed E-state index contributed by atoms with van der Waals surface area (Å²) < 4.78 is 94.6. The number of pyridine rings is 2. The predicted molar refractivity (Wildman–Crippen MR) is 136 cm³/mol. The number of fused-ring (bicyclic) bond motifs is 1. The molecule has 1 amide bonds. The maximum absolute atomic E-state index is 13.3. The summed E-state index contributed by atoms with van der Waals surface area (Å²) >= 11 is 0. The maximum Gasteiger partial charge on any atom is 0.433 e. The number of ether oxygens (including phenoxy) is 2. The average Bonchev–Trinajstić information content (AvgIpc) is 3.36. The Morgan fingerprint density at radius 2 is 1.79 bits per heavy atom. The SMILES string of the molecule is COc1ccc(-c2nc(C(=O)N[C@H]3C[C@@H](Oc4ccc(C(F)(F)F)cn4)C3)c([C@H](C)N)o2)c2ccc(C(F)(F)F)nc12. The van der Waals surface area contributed by atoms with Gasteiger partial charge in [0.1, 0.15) is 23.1 Å². The van der Waals surface area contributed by atoms with E-state index in [9.17, 15) is 31.1 Å². The number of nitrogens with zero attached hydrogens (tertiary/aromatic N) is 3. The lowest BCUT2D eigenvalue weighted by Crippen LogP contribution is -2.49. The van der Waals surface area contributed by atoms with E-state index in [1.54, 1.807) is 6.92 Å². The van der Waals surface area contributed by atoms with E-state index in [2.05, 4.69) is 20.3 Å². The minimum atomic E-state index is -4.68. The van der Waals surface area contributed by atoms with Crippen molar-refractivity contribution in [3.05, 3.63) is 65.3 Å². The van der Waals surface area contributed by atoms with Crippen LogP contribution < -0.4 is 20.5 Å². The van der Waals surface area contributed by atoms with E-state index < -0.39 is 35.6 Å². The van der Waals surface area contributed by atoms with Crippen LogP contribution in [-0.2, 0) is 12.4 Å². The summed E-state index contributed by atoms with van der Waals surface area (Å²) in [6, 6.07) is 5.90. The van der Waals surface area contributed by atoms with Crippen LogP contribution in [-0.4, -0.2) is 40.1 Å². The van der Waals surface area contributed by atoms with Crippen LogP contribution in [0.5, 0.6) is 11.6 Å². The van der Waals surface area contributed by atoms with Crippen molar-refractivity contribution in [2.45, 2.75) is 50.3 Å². The maximum atomic E-state index is 13.3. The molecule has 222 valence electrons. The molecule has 1 aliphatic carbocycles. The van der Waals surface area contributed by atoms with Gasteiger partial charge in [0.15, 0.2) is 11.5 Å². The Hall–Kier alpha value is -4.40. The highest BCUT2D eigenvalue weighted by Crippen LogP contribution is 2.38. The van der Waals surface area contributed by atoms with Crippen LogP contribution in [0.25, 0.3) is 22.4 Å². The topological polar surface area (TPSA) is 125 Å². The van der Waals surface area contributed by atoms with Crippen molar-refractivity contribution in [3.63, 3.8) is 0 Å². The molecule has 0 bridgehead atoms. The minimum Gasteiger partial charge on any atom is -0.494 e. The number of aromatic nitrogens is 3. The molecule has 0 aliphatic heterocycles. The van der Waals surface area contributed by atoms with E-state index >= 15 is 0 Å². The fourth-order valence-electron chi connectivity index (χ4n) is 4.44. The molecule has 4 aromatic rings. The number of halogens is 6. The number of methoxy groups -OCH3 is 1. The molecule has 0 saturated heterocycles. The van der Waals surface area contributed by atoms with Crippen LogP contribution >= 0.6 is 0 Å². The van der Waals surface area contributed by atoms with Crippen LogP contribution in [0.1, 0.15) is 53.3 Å². The van der Waals surface area contributed by atoms with Crippen molar-refractivity contribution >= 4 is 16.8 Å². The molecule has 15 heteroatoms. The predicted octanol–water partition coefficient (Wildman–Crippen LogP) is 5.69. The zero-order valence-electron chi connectivity index (χ0n) is 22.0. The summed E-state index contributed by atoms with van der Waals surface area (Å²) in [5.41, 5.74) is 4.13. The number of oxazole rings is 1. The first-order valence-electron chi connectivity index (χ1n) is 12.6. The molecule has 0 unspecified atom stereocenters. The number of carbonyl (C=O) groups is 1. The van der Waals surface area contributed by atoms with Gasteiger partial charge in [-0.2, -0.15) is 26.3 Å². The molecule has 1 atom stereocenters. The van der Waals surface area contributed by atoms with Gasteiger partial charge in [-0.15, -0.1) is 0 Å². The summed E-state index contributed by atoms with van der Waals surface area (Å²) in [6.45, 7) is 1.58. The van der Waals surface area contributed by atoms with Crippen LogP contribution in [0.2, 0.25) is 0 Å². The number of rotatable bonds is 7. The average molecular weight is 596 g/mol. The third-order valence-electron chi connectivity index (χ3n) is 6.62. The van der Waals surface area contributed by atoms with Gasteiger partial charge in [-0.05, 0) is 37.3 Å². The van der Waals surface area contributed by atoms with Gasteiger partial charge < -0.3 is 24.9 Å². The van der Waals surface area contributed by atoms with Crippen LogP contribution in [0.3, 0.4) is 0 Å². The second-order valence-corrected chi connectivity index (χ2v) is 9.69. The fraction of sp³-hybridized carbons (Fsp3) is 0.333. The normalized spacial score (nSPS) is 17.9. The van der Waals surface area contributed by atoms with E-state index in [0.717, 1.165) is 18.2 Å². The van der Waals surface area contributed by atoms with Crippen molar-refractivity contribution in [1.29, 1.82) is 0 Å². The molecule has 42 heavy (non-hydrogen) atoms. The molecule has 3 heterocycles. The zero-order chi connectivity index (χ0) is 30.4. The van der Waals surface area contributed by atoms with Crippen LogP contribution in [0.4, 0.5) is 26.3 Å². The van der Waals surface area contributed by atoms with Gasteiger partial charge in [-0.3, -0.25) is 4.79 Å². The van der Waals surface area contributed by atoms with E-state index in [4.69, 9.17) is 19.6 Å². The van der Waals surface area contributed by atoms with E-state index in [1.807, 2.05) is 0 Å². The van der Waals surface area contributed by atoms with Gasteiger partial charge in [-0.25, -0.2) is 15.0 Å². The van der Waals surface area contributed by atoms with Crippen molar-refractivity contribution < 1.29 is 45.0 Å². The second-order valence-electron chi connectivity index (χ2n) is 9.69. The third kappa shape index (κ3) is 5.82. The molecule has 1 saturated carbocycles. The van der Waals surface area contributed by atoms with Gasteiger partial charge in [0.2, 0.25) is 11.8 Å². The quantitative estimate of drug-likeness (QED) is 0.261. The first-order chi connectivity index (χ1) is 19.7.